The Hall–Kier alpha value is -3.22. The first-order valence-corrected chi connectivity index (χ1v) is 7.97. The highest BCUT2D eigenvalue weighted by molar-refractivity contribution is 5.83. The van der Waals surface area contributed by atoms with Gasteiger partial charge in [0.2, 0.25) is 5.91 Å². The van der Waals surface area contributed by atoms with Crippen LogP contribution in [0.2, 0.25) is 0 Å². The predicted octanol–water partition coefficient (Wildman–Crippen LogP) is 1.96. The zero-order chi connectivity index (χ0) is 17.2. The number of hydrogen-bond acceptors (Lipinski definition) is 5. The standard InChI is InChI=1S/C18H17N5O2/c1-25-14-4-2-12(3-5-14)9-23-10-16-15(6-17(23)24)18(22-21-16)13-7-19-11-20-8-13/h2-5,7-8,11H,6,9-10H2,1H3,(H,21,22). The maximum atomic E-state index is 12.6. The third-order valence-electron chi connectivity index (χ3n) is 4.35. The lowest BCUT2D eigenvalue weighted by atomic mass is 10.0. The van der Waals surface area contributed by atoms with E-state index in [0.29, 0.717) is 19.5 Å². The van der Waals surface area contributed by atoms with Gasteiger partial charge in [-0.05, 0) is 17.7 Å². The number of aromatic amines is 1. The van der Waals surface area contributed by atoms with E-state index in [4.69, 9.17) is 4.74 Å². The van der Waals surface area contributed by atoms with Gasteiger partial charge in [-0.25, -0.2) is 9.97 Å². The SMILES string of the molecule is COc1ccc(CN2Cc3[nH]nc(-c4cncnc4)c3CC2=O)cc1. The first kappa shape index (κ1) is 15.3. The van der Waals surface area contributed by atoms with Crippen LogP contribution in [-0.2, 0) is 24.3 Å². The maximum absolute atomic E-state index is 12.6. The van der Waals surface area contributed by atoms with Gasteiger partial charge in [0.05, 0.1) is 31.5 Å². The van der Waals surface area contributed by atoms with Crippen LogP contribution in [0.3, 0.4) is 0 Å². The van der Waals surface area contributed by atoms with Crippen molar-refractivity contribution in [2.24, 2.45) is 0 Å². The second-order valence-corrected chi connectivity index (χ2v) is 5.93. The molecule has 0 aliphatic carbocycles. The number of nitrogens with one attached hydrogen (secondary N) is 1. The molecule has 1 aliphatic rings. The fourth-order valence-electron chi connectivity index (χ4n) is 3.02. The molecule has 7 heteroatoms. The summed E-state index contributed by atoms with van der Waals surface area (Å²) in [7, 11) is 1.64. The smallest absolute Gasteiger partial charge is 0.227 e. The summed E-state index contributed by atoms with van der Waals surface area (Å²) in [5.74, 6) is 0.891. The van der Waals surface area contributed by atoms with Crippen molar-refractivity contribution in [2.45, 2.75) is 19.5 Å². The molecule has 1 amide bonds. The van der Waals surface area contributed by atoms with Crippen LogP contribution in [0.25, 0.3) is 11.3 Å². The first-order chi connectivity index (χ1) is 12.2. The molecule has 25 heavy (non-hydrogen) atoms. The van der Waals surface area contributed by atoms with E-state index in [9.17, 15) is 4.79 Å². The molecule has 0 fully saturated rings. The van der Waals surface area contributed by atoms with Gasteiger partial charge in [0, 0.05) is 30.1 Å². The summed E-state index contributed by atoms with van der Waals surface area (Å²) in [6, 6.07) is 7.75. The molecule has 4 rings (SSSR count). The Morgan fingerprint density at radius 1 is 1.20 bits per heavy atom. The van der Waals surface area contributed by atoms with Crippen LogP contribution in [0.15, 0.2) is 43.0 Å². The minimum Gasteiger partial charge on any atom is -0.497 e. The molecular formula is C18H17N5O2. The third kappa shape index (κ3) is 2.96. The molecule has 0 atom stereocenters. The van der Waals surface area contributed by atoms with Gasteiger partial charge in [-0.1, -0.05) is 12.1 Å². The molecule has 3 aromatic rings. The number of nitrogens with zero attached hydrogens (tertiary/aromatic N) is 4. The Bertz CT molecular complexity index is 890. The molecule has 0 saturated carbocycles. The van der Waals surface area contributed by atoms with Gasteiger partial charge in [-0.15, -0.1) is 0 Å². The second kappa shape index (κ2) is 6.35. The van der Waals surface area contributed by atoms with Gasteiger partial charge in [-0.2, -0.15) is 5.10 Å². The zero-order valence-corrected chi connectivity index (χ0v) is 13.8. The average molecular weight is 335 g/mol. The van der Waals surface area contributed by atoms with Crippen molar-refractivity contribution < 1.29 is 9.53 Å². The normalized spacial score (nSPS) is 13.6. The van der Waals surface area contributed by atoms with Crippen molar-refractivity contribution in [3.05, 3.63) is 59.8 Å². The Labute approximate surface area is 144 Å². The quantitative estimate of drug-likeness (QED) is 0.788. The van der Waals surface area contributed by atoms with Crippen molar-refractivity contribution in [1.82, 2.24) is 25.1 Å². The minimum absolute atomic E-state index is 0.0859. The van der Waals surface area contributed by atoms with Crippen LogP contribution in [-0.4, -0.2) is 38.1 Å². The first-order valence-electron chi connectivity index (χ1n) is 7.97. The van der Waals surface area contributed by atoms with Gasteiger partial charge < -0.3 is 9.64 Å². The lowest BCUT2D eigenvalue weighted by Crippen LogP contribution is -2.35. The Balaban J connectivity index is 1.55. The number of carbonyl (C=O) groups excluding carboxylic acids is 1. The molecule has 0 radical (unpaired) electrons. The molecule has 2 aromatic heterocycles. The molecule has 7 nitrogen and oxygen atoms in total. The van der Waals surface area contributed by atoms with Crippen molar-refractivity contribution in [2.75, 3.05) is 7.11 Å². The lowest BCUT2D eigenvalue weighted by Gasteiger charge is -2.27. The van der Waals surface area contributed by atoms with E-state index in [0.717, 1.165) is 33.8 Å². The van der Waals surface area contributed by atoms with Crippen molar-refractivity contribution in [1.29, 1.82) is 0 Å². The number of aromatic nitrogens is 4. The monoisotopic (exact) mass is 335 g/mol. The molecule has 0 unspecified atom stereocenters. The third-order valence-corrected chi connectivity index (χ3v) is 4.35. The maximum Gasteiger partial charge on any atom is 0.227 e. The van der Waals surface area contributed by atoms with E-state index in [1.165, 1.54) is 6.33 Å². The predicted molar refractivity (Wildman–Crippen MR) is 90.6 cm³/mol. The minimum atomic E-state index is 0.0859. The Kier molecular flexibility index (Phi) is 3.89. The molecule has 0 bridgehead atoms. The van der Waals surface area contributed by atoms with E-state index in [1.54, 1.807) is 19.5 Å². The Morgan fingerprint density at radius 3 is 2.68 bits per heavy atom. The summed E-state index contributed by atoms with van der Waals surface area (Å²) in [4.78, 5) is 22.5. The van der Waals surface area contributed by atoms with Crippen molar-refractivity contribution in [3.63, 3.8) is 0 Å². The topological polar surface area (TPSA) is 84.0 Å². The highest BCUT2D eigenvalue weighted by Gasteiger charge is 2.28. The van der Waals surface area contributed by atoms with E-state index in [1.807, 2.05) is 29.2 Å². The number of fused-ring (bicyclic) bond motifs is 1. The van der Waals surface area contributed by atoms with Gasteiger partial charge in [0.1, 0.15) is 12.1 Å². The van der Waals surface area contributed by atoms with Crippen LogP contribution in [0, 0.1) is 0 Å². The largest absolute Gasteiger partial charge is 0.497 e. The summed E-state index contributed by atoms with van der Waals surface area (Å²) in [6.45, 7) is 1.08. The van der Waals surface area contributed by atoms with E-state index in [2.05, 4.69) is 20.2 Å². The molecule has 3 heterocycles. The molecule has 126 valence electrons. The van der Waals surface area contributed by atoms with Crippen LogP contribution in [0.4, 0.5) is 0 Å². The number of carbonyl (C=O) groups is 1. The van der Waals surface area contributed by atoms with Crippen molar-refractivity contribution in [3.8, 4) is 17.0 Å². The van der Waals surface area contributed by atoms with Crippen LogP contribution >= 0.6 is 0 Å². The fourth-order valence-corrected chi connectivity index (χ4v) is 3.02. The summed E-state index contributed by atoms with van der Waals surface area (Å²) < 4.78 is 5.17. The number of amides is 1. The number of benzene rings is 1. The zero-order valence-electron chi connectivity index (χ0n) is 13.8. The van der Waals surface area contributed by atoms with Gasteiger partial charge in [0.15, 0.2) is 0 Å². The Morgan fingerprint density at radius 2 is 1.96 bits per heavy atom. The highest BCUT2D eigenvalue weighted by atomic mass is 16.5. The molecular weight excluding hydrogens is 318 g/mol. The average Bonchev–Trinajstić information content (AvgIpc) is 3.06. The second-order valence-electron chi connectivity index (χ2n) is 5.93. The number of ether oxygens (including phenoxy) is 1. The lowest BCUT2D eigenvalue weighted by molar-refractivity contribution is -0.132. The summed E-state index contributed by atoms with van der Waals surface area (Å²) >= 11 is 0. The number of methoxy groups -OCH3 is 1. The van der Waals surface area contributed by atoms with Crippen LogP contribution in [0.1, 0.15) is 16.8 Å². The number of H-pyrrole nitrogens is 1. The summed E-state index contributed by atoms with van der Waals surface area (Å²) in [5.41, 5.74) is 4.54. The highest BCUT2D eigenvalue weighted by Crippen LogP contribution is 2.28. The van der Waals surface area contributed by atoms with Crippen molar-refractivity contribution >= 4 is 5.91 Å². The number of rotatable bonds is 4. The van der Waals surface area contributed by atoms with Gasteiger partial charge in [0.25, 0.3) is 0 Å². The van der Waals surface area contributed by atoms with Gasteiger partial charge in [-0.3, -0.25) is 9.89 Å². The van der Waals surface area contributed by atoms with E-state index < -0.39 is 0 Å². The fraction of sp³-hybridized carbons (Fsp3) is 0.222. The molecule has 0 saturated heterocycles. The molecule has 1 aromatic carbocycles. The van der Waals surface area contributed by atoms with Crippen LogP contribution < -0.4 is 4.74 Å². The molecule has 1 N–H and O–H groups in total. The summed E-state index contributed by atoms with van der Waals surface area (Å²) in [5, 5.41) is 7.43. The van der Waals surface area contributed by atoms with E-state index >= 15 is 0 Å². The van der Waals surface area contributed by atoms with Crippen LogP contribution in [0.5, 0.6) is 5.75 Å². The summed E-state index contributed by atoms with van der Waals surface area (Å²) in [6.07, 6.45) is 5.21. The van der Waals surface area contributed by atoms with Gasteiger partial charge >= 0.3 is 0 Å². The number of hydrogen-bond donors (Lipinski definition) is 1. The molecule has 1 aliphatic heterocycles. The van der Waals surface area contributed by atoms with E-state index in [-0.39, 0.29) is 5.91 Å². The molecule has 0 spiro atoms.